The van der Waals surface area contributed by atoms with Crippen molar-refractivity contribution in [1.82, 2.24) is 5.32 Å². The highest BCUT2D eigenvalue weighted by Crippen LogP contribution is 2.49. The molecule has 0 saturated heterocycles. The molecule has 0 radical (unpaired) electrons. The Hall–Kier alpha value is -0.530. The number of amides is 1. The molecule has 0 aliphatic heterocycles. The first-order valence-corrected chi connectivity index (χ1v) is 5.22. The molecular formula is C11H21NO. The Kier molecular flexibility index (Phi) is 2.69. The molecule has 0 bridgehead atoms. The van der Waals surface area contributed by atoms with Crippen LogP contribution in [0.25, 0.3) is 0 Å². The Morgan fingerprint density at radius 1 is 1.38 bits per heavy atom. The normalized spacial score (nSPS) is 19.7. The fourth-order valence-electron chi connectivity index (χ4n) is 1.74. The minimum atomic E-state index is 0.110. The van der Waals surface area contributed by atoms with Gasteiger partial charge in [-0.1, -0.05) is 27.7 Å². The van der Waals surface area contributed by atoms with Gasteiger partial charge in [-0.3, -0.25) is 4.79 Å². The van der Waals surface area contributed by atoms with Crippen LogP contribution in [-0.4, -0.2) is 11.4 Å². The third kappa shape index (κ3) is 2.23. The third-order valence-electron chi connectivity index (χ3n) is 3.04. The van der Waals surface area contributed by atoms with E-state index in [0.29, 0.717) is 6.42 Å². The largest absolute Gasteiger partial charge is 0.350 e. The zero-order valence-corrected chi connectivity index (χ0v) is 9.24. The summed E-state index contributed by atoms with van der Waals surface area (Å²) in [6.07, 6.45) is 3.89. The van der Waals surface area contributed by atoms with Gasteiger partial charge in [0.2, 0.25) is 5.91 Å². The molecule has 1 aliphatic rings. The van der Waals surface area contributed by atoms with Crippen molar-refractivity contribution in [3.05, 3.63) is 0 Å². The molecule has 0 atom stereocenters. The van der Waals surface area contributed by atoms with Crippen LogP contribution in [0.15, 0.2) is 0 Å². The summed E-state index contributed by atoms with van der Waals surface area (Å²) < 4.78 is 0. The summed E-state index contributed by atoms with van der Waals surface area (Å²) in [5.74, 6) is 0.218. The molecule has 0 aromatic carbocycles. The predicted octanol–water partition coefficient (Wildman–Crippen LogP) is 2.48. The number of nitrogens with one attached hydrogen (secondary N) is 1. The standard InChI is InChI=1S/C11H21NO/c1-5-6-9(13)12-11(7-8-11)10(2,3)4/h5-8H2,1-4H3,(H,12,13). The monoisotopic (exact) mass is 183 g/mol. The number of hydrogen-bond acceptors (Lipinski definition) is 1. The van der Waals surface area contributed by atoms with E-state index in [1.165, 1.54) is 0 Å². The third-order valence-corrected chi connectivity index (χ3v) is 3.04. The van der Waals surface area contributed by atoms with E-state index < -0.39 is 0 Å². The Morgan fingerprint density at radius 3 is 2.23 bits per heavy atom. The summed E-state index contributed by atoms with van der Waals surface area (Å²) >= 11 is 0. The van der Waals surface area contributed by atoms with Crippen LogP contribution < -0.4 is 5.32 Å². The summed E-state index contributed by atoms with van der Waals surface area (Å²) in [7, 11) is 0. The van der Waals surface area contributed by atoms with E-state index in [0.717, 1.165) is 19.3 Å². The van der Waals surface area contributed by atoms with Crippen molar-refractivity contribution < 1.29 is 4.79 Å². The first-order valence-electron chi connectivity index (χ1n) is 5.22. The summed E-state index contributed by atoms with van der Waals surface area (Å²) in [4.78, 5) is 11.4. The fourth-order valence-corrected chi connectivity index (χ4v) is 1.74. The molecule has 0 unspecified atom stereocenters. The molecule has 0 heterocycles. The Bertz CT molecular complexity index is 199. The van der Waals surface area contributed by atoms with Gasteiger partial charge in [0.1, 0.15) is 0 Å². The molecule has 0 spiro atoms. The molecular weight excluding hydrogens is 162 g/mol. The van der Waals surface area contributed by atoms with Crippen molar-refractivity contribution in [3.63, 3.8) is 0 Å². The zero-order valence-electron chi connectivity index (χ0n) is 9.24. The van der Waals surface area contributed by atoms with Crippen LogP contribution in [0.1, 0.15) is 53.4 Å². The highest BCUT2D eigenvalue weighted by atomic mass is 16.1. The molecule has 2 heteroatoms. The van der Waals surface area contributed by atoms with E-state index in [-0.39, 0.29) is 16.9 Å². The second-order valence-electron chi connectivity index (χ2n) is 5.13. The van der Waals surface area contributed by atoms with Gasteiger partial charge in [0, 0.05) is 12.0 Å². The van der Waals surface area contributed by atoms with Crippen LogP contribution in [0.5, 0.6) is 0 Å². The topological polar surface area (TPSA) is 29.1 Å². The minimum Gasteiger partial charge on any atom is -0.350 e. The number of carbonyl (C=O) groups is 1. The van der Waals surface area contributed by atoms with Crippen LogP contribution in [0.3, 0.4) is 0 Å². The van der Waals surface area contributed by atoms with Crippen molar-refractivity contribution >= 4 is 5.91 Å². The van der Waals surface area contributed by atoms with E-state index >= 15 is 0 Å². The maximum absolute atomic E-state index is 11.4. The zero-order chi connectivity index (χ0) is 10.1. The molecule has 13 heavy (non-hydrogen) atoms. The van der Waals surface area contributed by atoms with E-state index in [1.807, 2.05) is 6.92 Å². The second kappa shape index (κ2) is 3.32. The fraction of sp³-hybridized carbons (Fsp3) is 0.909. The average Bonchev–Trinajstić information content (AvgIpc) is 2.67. The Labute approximate surface area is 81.1 Å². The average molecular weight is 183 g/mol. The van der Waals surface area contributed by atoms with Crippen LogP contribution in [0, 0.1) is 5.41 Å². The first-order chi connectivity index (χ1) is 5.91. The minimum absolute atomic E-state index is 0.110. The molecule has 1 saturated carbocycles. The van der Waals surface area contributed by atoms with Gasteiger partial charge >= 0.3 is 0 Å². The van der Waals surface area contributed by atoms with Gasteiger partial charge in [0.15, 0.2) is 0 Å². The van der Waals surface area contributed by atoms with Crippen LogP contribution in [0.4, 0.5) is 0 Å². The van der Waals surface area contributed by atoms with Crippen LogP contribution >= 0.6 is 0 Å². The Morgan fingerprint density at radius 2 is 1.92 bits per heavy atom. The van der Waals surface area contributed by atoms with Gasteiger partial charge in [-0.2, -0.15) is 0 Å². The summed E-state index contributed by atoms with van der Waals surface area (Å²) in [5, 5.41) is 3.17. The quantitative estimate of drug-likeness (QED) is 0.715. The SMILES string of the molecule is CCCC(=O)NC1(C(C)(C)C)CC1. The number of carbonyl (C=O) groups excluding carboxylic acids is 1. The lowest BCUT2D eigenvalue weighted by Crippen LogP contribution is -2.45. The van der Waals surface area contributed by atoms with Crippen LogP contribution in [0.2, 0.25) is 0 Å². The van der Waals surface area contributed by atoms with Crippen LogP contribution in [-0.2, 0) is 4.79 Å². The van der Waals surface area contributed by atoms with Gasteiger partial charge in [0.25, 0.3) is 0 Å². The molecule has 1 aliphatic carbocycles. The maximum atomic E-state index is 11.4. The van der Waals surface area contributed by atoms with Crippen molar-refractivity contribution in [2.45, 2.75) is 58.9 Å². The molecule has 1 fully saturated rings. The van der Waals surface area contributed by atoms with Crippen molar-refractivity contribution in [1.29, 1.82) is 0 Å². The van der Waals surface area contributed by atoms with Crippen molar-refractivity contribution in [2.24, 2.45) is 5.41 Å². The molecule has 1 N–H and O–H groups in total. The molecule has 0 aromatic heterocycles. The summed E-state index contributed by atoms with van der Waals surface area (Å²) in [5.41, 5.74) is 0.315. The van der Waals surface area contributed by atoms with E-state index in [2.05, 4.69) is 26.1 Å². The maximum Gasteiger partial charge on any atom is 0.220 e. The smallest absolute Gasteiger partial charge is 0.220 e. The highest BCUT2D eigenvalue weighted by Gasteiger charge is 2.52. The molecule has 0 aromatic rings. The molecule has 1 rings (SSSR count). The molecule has 2 nitrogen and oxygen atoms in total. The number of hydrogen-bond donors (Lipinski definition) is 1. The van der Waals surface area contributed by atoms with Gasteiger partial charge in [0.05, 0.1) is 0 Å². The van der Waals surface area contributed by atoms with Gasteiger partial charge < -0.3 is 5.32 Å². The molecule has 1 amide bonds. The number of rotatable bonds is 3. The van der Waals surface area contributed by atoms with Crippen molar-refractivity contribution in [2.75, 3.05) is 0 Å². The lowest BCUT2D eigenvalue weighted by Gasteiger charge is -2.31. The van der Waals surface area contributed by atoms with Gasteiger partial charge in [-0.15, -0.1) is 0 Å². The summed E-state index contributed by atoms with van der Waals surface area (Å²) in [6, 6.07) is 0. The van der Waals surface area contributed by atoms with Gasteiger partial charge in [-0.05, 0) is 24.7 Å². The van der Waals surface area contributed by atoms with E-state index in [4.69, 9.17) is 0 Å². The van der Waals surface area contributed by atoms with Crippen molar-refractivity contribution in [3.8, 4) is 0 Å². The molecule has 76 valence electrons. The van der Waals surface area contributed by atoms with Gasteiger partial charge in [-0.25, -0.2) is 0 Å². The second-order valence-corrected chi connectivity index (χ2v) is 5.13. The lowest BCUT2D eigenvalue weighted by molar-refractivity contribution is -0.123. The lowest BCUT2D eigenvalue weighted by atomic mass is 9.84. The predicted molar refractivity (Wildman–Crippen MR) is 54.5 cm³/mol. The van der Waals surface area contributed by atoms with E-state index in [9.17, 15) is 4.79 Å². The van der Waals surface area contributed by atoms with E-state index in [1.54, 1.807) is 0 Å². The first kappa shape index (κ1) is 10.6. The summed E-state index contributed by atoms with van der Waals surface area (Å²) in [6.45, 7) is 8.64. The highest BCUT2D eigenvalue weighted by molar-refractivity contribution is 5.77. The Balaban J connectivity index is 2.49.